The first kappa shape index (κ1) is 15.9. The van der Waals surface area contributed by atoms with E-state index in [2.05, 4.69) is 0 Å². The van der Waals surface area contributed by atoms with Gasteiger partial charge in [-0.15, -0.1) is 0 Å². The molecule has 1 heterocycles. The third kappa shape index (κ3) is 3.45. The quantitative estimate of drug-likeness (QED) is 0.542. The van der Waals surface area contributed by atoms with Crippen molar-refractivity contribution in [2.75, 3.05) is 0 Å². The van der Waals surface area contributed by atoms with Gasteiger partial charge in [-0.05, 0) is 19.3 Å². The SMILES string of the molecule is C[B]C(=O)C(C)CC(C)N1C(=O)CC(C(C)C)C1=O. The lowest BCUT2D eigenvalue weighted by molar-refractivity contribution is -0.142. The van der Waals surface area contributed by atoms with Crippen molar-refractivity contribution >= 4 is 24.8 Å². The zero-order chi connectivity index (χ0) is 14.7. The summed E-state index contributed by atoms with van der Waals surface area (Å²) in [4.78, 5) is 37.1. The van der Waals surface area contributed by atoms with Crippen molar-refractivity contribution < 1.29 is 14.4 Å². The van der Waals surface area contributed by atoms with E-state index in [1.54, 1.807) is 14.1 Å². The molecule has 1 fully saturated rings. The summed E-state index contributed by atoms with van der Waals surface area (Å²) in [6, 6.07) is -0.206. The highest BCUT2D eigenvalue weighted by Gasteiger charge is 2.42. The molecular formula is C14H23BNO3. The lowest BCUT2D eigenvalue weighted by Gasteiger charge is -2.25. The molecule has 0 saturated carbocycles. The van der Waals surface area contributed by atoms with Gasteiger partial charge in [0, 0.05) is 24.3 Å². The molecule has 4 nitrogen and oxygen atoms in total. The highest BCUT2D eigenvalue weighted by Crippen LogP contribution is 2.29. The summed E-state index contributed by atoms with van der Waals surface area (Å²) in [5.41, 5.74) is 0.0614. The van der Waals surface area contributed by atoms with Crippen LogP contribution in [-0.4, -0.2) is 35.7 Å². The van der Waals surface area contributed by atoms with Gasteiger partial charge in [0.25, 0.3) is 0 Å². The van der Waals surface area contributed by atoms with Gasteiger partial charge in [-0.2, -0.15) is 0 Å². The molecule has 0 N–H and O–H groups in total. The standard InChI is InChI=1S/C14H23BNO3/c1-8(2)11-7-12(17)16(14(11)19)10(4)6-9(3)13(18)15-5/h8-11H,6-7H2,1-5H3. The summed E-state index contributed by atoms with van der Waals surface area (Å²) >= 11 is 0. The van der Waals surface area contributed by atoms with E-state index in [0.717, 1.165) is 0 Å². The van der Waals surface area contributed by atoms with Crippen LogP contribution < -0.4 is 0 Å². The van der Waals surface area contributed by atoms with Gasteiger partial charge in [0.2, 0.25) is 11.8 Å². The lowest BCUT2D eigenvalue weighted by atomic mass is 9.70. The molecule has 0 bridgehead atoms. The molecule has 2 amide bonds. The maximum absolute atomic E-state index is 12.2. The molecule has 0 aromatic heterocycles. The number of carbonyl (C=O) groups excluding carboxylic acids is 3. The minimum atomic E-state index is -0.206. The predicted molar refractivity (Wildman–Crippen MR) is 74.7 cm³/mol. The van der Waals surface area contributed by atoms with Crippen LogP contribution in [0.15, 0.2) is 0 Å². The first-order valence-corrected chi connectivity index (χ1v) is 6.98. The molecule has 1 aliphatic heterocycles. The molecule has 1 aliphatic rings. The summed E-state index contributed by atoms with van der Waals surface area (Å²) in [5, 5.41) is 0. The molecule has 1 rings (SSSR count). The monoisotopic (exact) mass is 264 g/mol. The second kappa shape index (κ2) is 6.35. The Bertz CT molecular complexity index is 381. The fourth-order valence-corrected chi connectivity index (χ4v) is 2.68. The van der Waals surface area contributed by atoms with Gasteiger partial charge >= 0.3 is 0 Å². The smallest absolute Gasteiger partial charge is 0.233 e. The number of hydrogen-bond acceptors (Lipinski definition) is 3. The fraction of sp³-hybridized carbons (Fsp3) is 0.786. The van der Waals surface area contributed by atoms with Crippen LogP contribution in [0.5, 0.6) is 0 Å². The third-order valence-electron chi connectivity index (χ3n) is 3.93. The number of carbonyl (C=O) groups is 3. The van der Waals surface area contributed by atoms with Gasteiger partial charge in [-0.25, -0.2) is 0 Å². The Morgan fingerprint density at radius 1 is 1.32 bits per heavy atom. The fourth-order valence-electron chi connectivity index (χ4n) is 2.68. The lowest BCUT2D eigenvalue weighted by Crippen LogP contribution is -2.40. The van der Waals surface area contributed by atoms with Crippen molar-refractivity contribution in [1.82, 2.24) is 4.90 Å². The van der Waals surface area contributed by atoms with E-state index < -0.39 is 0 Å². The third-order valence-corrected chi connectivity index (χ3v) is 3.93. The number of nitrogens with zero attached hydrogens (tertiary/aromatic N) is 1. The van der Waals surface area contributed by atoms with Crippen LogP contribution in [0.3, 0.4) is 0 Å². The Morgan fingerprint density at radius 2 is 1.89 bits per heavy atom. The Balaban J connectivity index is 2.72. The molecule has 0 spiro atoms. The van der Waals surface area contributed by atoms with Crippen LogP contribution in [0.1, 0.15) is 40.5 Å². The Morgan fingerprint density at radius 3 is 2.32 bits per heavy atom. The molecule has 3 unspecified atom stereocenters. The van der Waals surface area contributed by atoms with Gasteiger partial charge in [0.05, 0.1) is 5.68 Å². The Hall–Kier alpha value is -1.13. The average Bonchev–Trinajstić information content (AvgIpc) is 2.63. The summed E-state index contributed by atoms with van der Waals surface area (Å²) in [5.74, 6) is -0.349. The van der Waals surface area contributed by atoms with Crippen molar-refractivity contribution in [3.8, 4) is 0 Å². The van der Waals surface area contributed by atoms with Gasteiger partial charge in [-0.3, -0.25) is 14.5 Å². The Kier molecular flexibility index (Phi) is 5.33. The maximum Gasteiger partial charge on any atom is 0.233 e. The van der Waals surface area contributed by atoms with Gasteiger partial charge in [0.15, 0.2) is 7.28 Å². The van der Waals surface area contributed by atoms with E-state index in [9.17, 15) is 14.4 Å². The Labute approximate surface area is 116 Å². The predicted octanol–water partition coefficient (Wildman–Crippen LogP) is 1.71. The molecule has 3 atom stereocenters. The number of imide groups is 1. The number of likely N-dealkylation sites (tertiary alicyclic amines) is 1. The van der Waals surface area contributed by atoms with E-state index in [0.29, 0.717) is 12.8 Å². The molecule has 1 saturated heterocycles. The summed E-state index contributed by atoms with van der Waals surface area (Å²) < 4.78 is 0. The molecule has 0 aromatic rings. The highest BCUT2D eigenvalue weighted by atomic mass is 16.2. The molecule has 1 radical (unpaired) electrons. The molecule has 19 heavy (non-hydrogen) atoms. The van der Waals surface area contributed by atoms with E-state index >= 15 is 0 Å². The maximum atomic E-state index is 12.2. The van der Waals surface area contributed by atoms with Gasteiger partial charge in [-0.1, -0.05) is 27.6 Å². The molecular weight excluding hydrogens is 241 g/mol. The number of rotatable bonds is 6. The van der Waals surface area contributed by atoms with Crippen LogP contribution in [0.4, 0.5) is 0 Å². The summed E-state index contributed by atoms with van der Waals surface area (Å²) in [6.45, 7) is 9.32. The normalized spacial score (nSPS) is 22.8. The average molecular weight is 264 g/mol. The largest absolute Gasteiger partial charge is 0.312 e. The zero-order valence-electron chi connectivity index (χ0n) is 12.5. The van der Waals surface area contributed by atoms with Crippen molar-refractivity contribution in [2.45, 2.75) is 53.4 Å². The van der Waals surface area contributed by atoms with Crippen LogP contribution in [0.25, 0.3) is 0 Å². The minimum Gasteiger partial charge on any atom is -0.312 e. The molecule has 0 aromatic carbocycles. The molecule has 105 valence electrons. The molecule has 0 aliphatic carbocycles. The van der Waals surface area contributed by atoms with E-state index in [1.165, 1.54) is 4.90 Å². The van der Waals surface area contributed by atoms with E-state index in [4.69, 9.17) is 0 Å². The van der Waals surface area contributed by atoms with Crippen molar-refractivity contribution in [3.05, 3.63) is 0 Å². The van der Waals surface area contributed by atoms with E-state index in [-0.39, 0.29) is 41.3 Å². The number of hydrogen-bond donors (Lipinski definition) is 0. The first-order valence-electron chi connectivity index (χ1n) is 6.98. The summed E-state index contributed by atoms with van der Waals surface area (Å²) in [6.07, 6.45) is 0.842. The summed E-state index contributed by atoms with van der Waals surface area (Å²) in [7, 11) is 1.54. The van der Waals surface area contributed by atoms with Crippen LogP contribution in [0, 0.1) is 17.8 Å². The number of amides is 2. The zero-order valence-corrected chi connectivity index (χ0v) is 12.5. The minimum absolute atomic E-state index is 0.0614. The van der Waals surface area contributed by atoms with Crippen molar-refractivity contribution in [3.63, 3.8) is 0 Å². The van der Waals surface area contributed by atoms with Crippen LogP contribution in [-0.2, 0) is 14.4 Å². The first-order chi connectivity index (χ1) is 8.79. The van der Waals surface area contributed by atoms with Crippen molar-refractivity contribution in [1.29, 1.82) is 0 Å². The topological polar surface area (TPSA) is 54.5 Å². The second-order valence-corrected chi connectivity index (χ2v) is 5.83. The highest BCUT2D eigenvalue weighted by molar-refractivity contribution is 6.73. The van der Waals surface area contributed by atoms with Crippen LogP contribution in [0.2, 0.25) is 6.82 Å². The van der Waals surface area contributed by atoms with E-state index in [1.807, 2.05) is 27.7 Å². The van der Waals surface area contributed by atoms with Crippen molar-refractivity contribution in [2.24, 2.45) is 17.8 Å². The van der Waals surface area contributed by atoms with Gasteiger partial charge in [0.1, 0.15) is 0 Å². The molecule has 5 heteroatoms. The second-order valence-electron chi connectivity index (χ2n) is 5.83. The van der Waals surface area contributed by atoms with Gasteiger partial charge < -0.3 is 4.79 Å². The van der Waals surface area contributed by atoms with Crippen LogP contribution >= 0.6 is 0 Å².